The summed E-state index contributed by atoms with van der Waals surface area (Å²) in [5.41, 5.74) is -0.289. The Morgan fingerprint density at radius 1 is 0.680 bits per heavy atom. The van der Waals surface area contributed by atoms with Crippen molar-refractivity contribution in [3.8, 4) is 0 Å². The highest BCUT2D eigenvalue weighted by Gasteiger charge is 2.19. The van der Waals surface area contributed by atoms with Crippen LogP contribution in [0.3, 0.4) is 0 Å². The van der Waals surface area contributed by atoms with Gasteiger partial charge in [-0.2, -0.15) is 0 Å². The van der Waals surface area contributed by atoms with Crippen LogP contribution in [0.2, 0.25) is 0 Å². The second-order valence-corrected chi connectivity index (χ2v) is 8.05. The topological polar surface area (TPSA) is 61.3 Å². The number of esters is 1. The van der Waals surface area contributed by atoms with Crippen molar-refractivity contribution in [1.82, 2.24) is 6.15 Å². The van der Waals surface area contributed by atoms with Crippen molar-refractivity contribution < 1.29 is 9.53 Å². The molecule has 0 saturated heterocycles. The van der Waals surface area contributed by atoms with Gasteiger partial charge in [-0.3, -0.25) is 4.79 Å². The zero-order valence-corrected chi connectivity index (χ0v) is 17.8. The summed E-state index contributed by atoms with van der Waals surface area (Å²) in [4.78, 5) is 11.0. The van der Waals surface area contributed by atoms with Gasteiger partial charge in [0.05, 0.1) is 0 Å². The van der Waals surface area contributed by atoms with Gasteiger partial charge in [-0.25, -0.2) is 0 Å². The molecular weight excluding hydrogens is 310 g/mol. The van der Waals surface area contributed by atoms with E-state index in [9.17, 15) is 4.79 Å². The van der Waals surface area contributed by atoms with E-state index in [2.05, 4.69) is 6.92 Å². The van der Waals surface area contributed by atoms with Crippen LogP contribution in [0.15, 0.2) is 0 Å². The quantitative estimate of drug-likeness (QED) is 0.214. The third-order valence-corrected chi connectivity index (χ3v) is 4.80. The third-order valence-electron chi connectivity index (χ3n) is 4.80. The van der Waals surface area contributed by atoms with E-state index >= 15 is 0 Å². The van der Waals surface area contributed by atoms with Crippen molar-refractivity contribution >= 4 is 5.97 Å². The Balaban J connectivity index is 0. The van der Waals surface area contributed by atoms with E-state index in [1.807, 2.05) is 13.8 Å². The van der Waals surface area contributed by atoms with Gasteiger partial charge in [0.25, 0.3) is 0 Å². The fraction of sp³-hybridized carbons (Fsp3) is 0.955. The molecule has 0 bridgehead atoms. The fourth-order valence-corrected chi connectivity index (χ4v) is 3.36. The van der Waals surface area contributed by atoms with Crippen LogP contribution in [-0.4, -0.2) is 11.6 Å². The third kappa shape index (κ3) is 21.4. The maximum atomic E-state index is 11.0. The lowest BCUT2D eigenvalue weighted by Crippen LogP contribution is -2.26. The van der Waals surface area contributed by atoms with E-state index in [-0.39, 0.29) is 17.7 Å². The second-order valence-electron chi connectivity index (χ2n) is 8.05. The van der Waals surface area contributed by atoms with Gasteiger partial charge < -0.3 is 10.9 Å². The van der Waals surface area contributed by atoms with E-state index in [4.69, 9.17) is 4.74 Å². The van der Waals surface area contributed by atoms with Crippen LogP contribution >= 0.6 is 0 Å². The molecule has 0 aliphatic rings. The van der Waals surface area contributed by atoms with Crippen LogP contribution in [-0.2, 0) is 9.53 Å². The van der Waals surface area contributed by atoms with Crippen molar-refractivity contribution in [3.63, 3.8) is 0 Å². The summed E-state index contributed by atoms with van der Waals surface area (Å²) in [5, 5.41) is 0. The second kappa shape index (κ2) is 18.2. The first-order chi connectivity index (χ1) is 11.5. The van der Waals surface area contributed by atoms with Crippen LogP contribution < -0.4 is 6.15 Å². The minimum absolute atomic E-state index is 0. The SMILES string of the molecule is CCCCCCCCCCCCCCCCCC(C)(C)OC(C)=O.N. The largest absolute Gasteiger partial charge is 0.460 e. The number of carbonyl (C=O) groups excluding carboxylic acids is 1. The molecule has 0 atom stereocenters. The molecule has 3 N–H and O–H groups in total. The normalized spacial score (nSPS) is 11.2. The molecule has 0 aromatic rings. The van der Waals surface area contributed by atoms with Gasteiger partial charge in [-0.05, 0) is 26.7 Å². The Kier molecular flexibility index (Phi) is 19.4. The number of carbonyl (C=O) groups is 1. The fourth-order valence-electron chi connectivity index (χ4n) is 3.36. The predicted molar refractivity (Wildman–Crippen MR) is 110 cm³/mol. The summed E-state index contributed by atoms with van der Waals surface area (Å²) >= 11 is 0. The van der Waals surface area contributed by atoms with Crippen LogP contribution in [0.25, 0.3) is 0 Å². The van der Waals surface area contributed by atoms with Crippen LogP contribution in [0.1, 0.15) is 130 Å². The van der Waals surface area contributed by atoms with Gasteiger partial charge in [0.1, 0.15) is 5.60 Å². The number of ether oxygens (including phenoxy) is 1. The molecule has 0 saturated carbocycles. The van der Waals surface area contributed by atoms with Gasteiger partial charge in [0.15, 0.2) is 0 Å². The van der Waals surface area contributed by atoms with Crippen molar-refractivity contribution in [2.45, 2.75) is 136 Å². The number of hydrogen-bond donors (Lipinski definition) is 1. The lowest BCUT2D eigenvalue weighted by atomic mass is 9.99. The minimum Gasteiger partial charge on any atom is -0.460 e. The molecule has 0 amide bonds. The van der Waals surface area contributed by atoms with Gasteiger partial charge in [-0.15, -0.1) is 0 Å². The molecule has 0 rings (SSSR count). The maximum absolute atomic E-state index is 11.0. The van der Waals surface area contributed by atoms with Crippen molar-refractivity contribution in [3.05, 3.63) is 0 Å². The molecule has 0 fully saturated rings. The molecule has 25 heavy (non-hydrogen) atoms. The Labute approximate surface area is 158 Å². The zero-order chi connectivity index (χ0) is 18.1. The summed E-state index contributed by atoms with van der Waals surface area (Å²) in [6, 6.07) is 0. The van der Waals surface area contributed by atoms with Crippen LogP contribution in [0.5, 0.6) is 0 Å². The first-order valence-electron chi connectivity index (χ1n) is 10.7. The highest BCUT2D eigenvalue weighted by Crippen LogP contribution is 2.20. The summed E-state index contributed by atoms with van der Waals surface area (Å²) in [5.74, 6) is -0.166. The molecule has 152 valence electrons. The highest BCUT2D eigenvalue weighted by molar-refractivity contribution is 5.66. The summed E-state index contributed by atoms with van der Waals surface area (Å²) in [6.07, 6.45) is 21.8. The zero-order valence-electron chi connectivity index (χ0n) is 17.8. The first kappa shape index (κ1) is 26.7. The van der Waals surface area contributed by atoms with E-state index in [1.54, 1.807) is 0 Å². The first-order valence-corrected chi connectivity index (χ1v) is 10.7. The number of unbranched alkanes of at least 4 members (excludes halogenated alkanes) is 14. The van der Waals surface area contributed by atoms with Crippen LogP contribution in [0, 0.1) is 0 Å². The molecule has 0 aliphatic heterocycles. The van der Waals surface area contributed by atoms with Gasteiger partial charge >= 0.3 is 5.97 Å². The molecule has 0 aromatic heterocycles. The van der Waals surface area contributed by atoms with Crippen molar-refractivity contribution in [1.29, 1.82) is 0 Å². The lowest BCUT2D eigenvalue weighted by Gasteiger charge is -2.24. The summed E-state index contributed by atoms with van der Waals surface area (Å²) < 4.78 is 5.32. The maximum Gasteiger partial charge on any atom is 0.303 e. The molecule has 0 aromatic carbocycles. The van der Waals surface area contributed by atoms with Crippen molar-refractivity contribution in [2.75, 3.05) is 0 Å². The summed E-state index contributed by atoms with van der Waals surface area (Å²) in [6.45, 7) is 7.80. The molecular formula is C22H47NO2. The van der Waals surface area contributed by atoms with E-state index in [1.165, 1.54) is 96.8 Å². The smallest absolute Gasteiger partial charge is 0.303 e. The predicted octanol–water partition coefficient (Wildman–Crippen LogP) is 7.75. The van der Waals surface area contributed by atoms with Crippen LogP contribution in [0.4, 0.5) is 0 Å². The Morgan fingerprint density at radius 2 is 1.00 bits per heavy atom. The average Bonchev–Trinajstić information content (AvgIpc) is 2.49. The monoisotopic (exact) mass is 357 g/mol. The molecule has 0 radical (unpaired) electrons. The number of rotatable bonds is 17. The van der Waals surface area contributed by atoms with Gasteiger partial charge in [0, 0.05) is 6.92 Å². The molecule has 0 unspecified atom stereocenters. The molecule has 0 spiro atoms. The van der Waals surface area contributed by atoms with E-state index in [0.29, 0.717) is 0 Å². The Morgan fingerprint density at radius 3 is 1.32 bits per heavy atom. The average molecular weight is 358 g/mol. The lowest BCUT2D eigenvalue weighted by molar-refractivity contribution is -0.154. The Bertz CT molecular complexity index is 290. The summed E-state index contributed by atoms with van der Waals surface area (Å²) in [7, 11) is 0. The number of hydrogen-bond acceptors (Lipinski definition) is 3. The van der Waals surface area contributed by atoms with E-state index < -0.39 is 0 Å². The van der Waals surface area contributed by atoms with Gasteiger partial charge in [0.2, 0.25) is 0 Å². The van der Waals surface area contributed by atoms with Gasteiger partial charge in [-0.1, -0.05) is 96.8 Å². The molecule has 0 aliphatic carbocycles. The molecule has 3 heteroatoms. The minimum atomic E-state index is -0.289. The molecule has 0 heterocycles. The highest BCUT2D eigenvalue weighted by atomic mass is 16.6. The Hall–Kier alpha value is -0.570. The van der Waals surface area contributed by atoms with Crippen molar-refractivity contribution in [2.24, 2.45) is 0 Å². The van der Waals surface area contributed by atoms with E-state index in [0.717, 1.165) is 12.8 Å². The molecule has 3 nitrogen and oxygen atoms in total. The standard InChI is InChI=1S/C22H44O2.H3N/c1-5-6-7-8-9-10-11-12-13-14-15-16-17-18-19-20-22(3,4)24-21(2)23;/h5-20H2,1-4H3;1H3.